The van der Waals surface area contributed by atoms with E-state index in [1.165, 1.54) is 31.3 Å². The molecule has 1 amide bonds. The molecule has 1 fully saturated rings. The number of carbonyl (C=O) groups excluding carboxylic acids is 1. The molecule has 8 nitrogen and oxygen atoms in total. The van der Waals surface area contributed by atoms with Crippen molar-refractivity contribution in [3.63, 3.8) is 0 Å². The third kappa shape index (κ3) is 7.50. The number of hydrogen-bond donors (Lipinski definition) is 2. The van der Waals surface area contributed by atoms with Crippen LogP contribution in [0, 0.1) is 5.82 Å². The molecule has 2 N–H and O–H groups in total. The number of likely N-dealkylation sites (tertiary alicyclic amines) is 1. The Morgan fingerprint density at radius 3 is 2.71 bits per heavy atom. The molecule has 1 aliphatic heterocycles. The van der Waals surface area contributed by atoms with Gasteiger partial charge in [-0.15, -0.1) is 0 Å². The average Bonchev–Trinajstić information content (AvgIpc) is 3.47. The first-order valence-corrected chi connectivity index (χ1v) is 13.9. The van der Waals surface area contributed by atoms with Gasteiger partial charge in [0.05, 0.1) is 22.8 Å². The minimum atomic E-state index is -0.320. The fourth-order valence-corrected chi connectivity index (χ4v) is 4.86. The summed E-state index contributed by atoms with van der Waals surface area (Å²) in [5, 5.41) is 7.29. The van der Waals surface area contributed by atoms with Crippen LogP contribution < -0.4 is 20.1 Å². The number of aromatic nitrogens is 2. The Kier molecular flexibility index (Phi) is 9.28. The molecular formula is C31H31ClFN5O3. The van der Waals surface area contributed by atoms with Crippen LogP contribution in [0.5, 0.6) is 11.5 Å². The number of carbonyl (C=O) groups is 1. The summed E-state index contributed by atoms with van der Waals surface area (Å²) in [6.45, 7) is 5.39. The van der Waals surface area contributed by atoms with Crippen LogP contribution in [0.1, 0.15) is 25.3 Å². The van der Waals surface area contributed by atoms with Gasteiger partial charge in [-0.1, -0.05) is 29.8 Å². The maximum absolute atomic E-state index is 13.5. The molecule has 0 radical (unpaired) electrons. The first kappa shape index (κ1) is 28.3. The monoisotopic (exact) mass is 575 g/mol. The summed E-state index contributed by atoms with van der Waals surface area (Å²) < 4.78 is 25.0. The molecular weight excluding hydrogens is 545 g/mol. The minimum absolute atomic E-state index is 0.185. The van der Waals surface area contributed by atoms with Crippen LogP contribution in [-0.4, -0.2) is 47.0 Å². The molecule has 0 aliphatic carbocycles. The molecule has 0 saturated carbocycles. The van der Waals surface area contributed by atoms with Crippen LogP contribution >= 0.6 is 11.6 Å². The standard InChI is InChI=1S/C31H31ClFN5O3/c1-2-40-29-18-26-24(17-27(29)37-30(39)9-6-14-38-12-3-4-13-38)31(35-20-34-26)36-23-10-11-28(25(32)16-23)41-19-21-7-5-8-22(33)15-21/h5-11,15-18,20H,2-4,12-14,19H2,1H3,(H,37,39)(H,34,35,36). The third-order valence-corrected chi connectivity index (χ3v) is 6.90. The van der Waals surface area contributed by atoms with Gasteiger partial charge in [0.15, 0.2) is 0 Å². The van der Waals surface area contributed by atoms with Crippen LogP contribution in [0.4, 0.5) is 21.6 Å². The van der Waals surface area contributed by atoms with Gasteiger partial charge in [-0.05, 0) is 74.8 Å². The lowest BCUT2D eigenvalue weighted by molar-refractivity contribution is -0.111. The highest BCUT2D eigenvalue weighted by atomic mass is 35.5. The fraction of sp³-hybridized carbons (Fsp3) is 0.258. The van der Waals surface area contributed by atoms with Gasteiger partial charge in [0, 0.05) is 29.8 Å². The lowest BCUT2D eigenvalue weighted by atomic mass is 10.1. The van der Waals surface area contributed by atoms with E-state index in [-0.39, 0.29) is 18.3 Å². The summed E-state index contributed by atoms with van der Waals surface area (Å²) in [6.07, 6.45) is 7.30. The fourth-order valence-electron chi connectivity index (χ4n) is 4.62. The van der Waals surface area contributed by atoms with Crippen molar-refractivity contribution < 1.29 is 18.7 Å². The second kappa shape index (κ2) is 13.4. The molecule has 3 aromatic carbocycles. The Bertz CT molecular complexity index is 1560. The molecule has 0 bridgehead atoms. The van der Waals surface area contributed by atoms with E-state index in [4.69, 9.17) is 21.1 Å². The predicted octanol–water partition coefficient (Wildman–Crippen LogP) is 6.73. The van der Waals surface area contributed by atoms with E-state index in [1.54, 1.807) is 42.5 Å². The number of hydrogen-bond acceptors (Lipinski definition) is 7. The molecule has 0 spiro atoms. The van der Waals surface area contributed by atoms with E-state index in [9.17, 15) is 9.18 Å². The van der Waals surface area contributed by atoms with Crippen molar-refractivity contribution in [2.75, 3.05) is 36.9 Å². The largest absolute Gasteiger partial charge is 0.492 e. The van der Waals surface area contributed by atoms with Gasteiger partial charge in [0.25, 0.3) is 0 Å². The number of amides is 1. The van der Waals surface area contributed by atoms with E-state index in [0.717, 1.165) is 19.6 Å². The second-order valence-electron chi connectivity index (χ2n) is 9.61. The first-order chi connectivity index (χ1) is 20.0. The maximum atomic E-state index is 13.5. The molecule has 0 unspecified atom stereocenters. The lowest BCUT2D eigenvalue weighted by Gasteiger charge is -2.15. The number of ether oxygens (including phenoxy) is 2. The van der Waals surface area contributed by atoms with Crippen molar-refractivity contribution in [3.05, 3.63) is 89.5 Å². The highest BCUT2D eigenvalue weighted by molar-refractivity contribution is 6.32. The number of nitrogens with zero attached hydrogens (tertiary/aromatic N) is 3. The Morgan fingerprint density at radius 2 is 1.93 bits per heavy atom. The minimum Gasteiger partial charge on any atom is -0.492 e. The summed E-state index contributed by atoms with van der Waals surface area (Å²) in [6, 6.07) is 15.1. The van der Waals surface area contributed by atoms with Crippen molar-refractivity contribution in [2.45, 2.75) is 26.4 Å². The van der Waals surface area contributed by atoms with Crippen LogP contribution in [0.2, 0.25) is 5.02 Å². The Hall–Kier alpha value is -4.21. The van der Waals surface area contributed by atoms with E-state index < -0.39 is 0 Å². The van der Waals surface area contributed by atoms with Gasteiger partial charge < -0.3 is 20.1 Å². The highest BCUT2D eigenvalue weighted by Gasteiger charge is 2.14. The van der Waals surface area contributed by atoms with Gasteiger partial charge in [-0.3, -0.25) is 9.69 Å². The van der Waals surface area contributed by atoms with Crippen molar-refractivity contribution in [3.8, 4) is 11.5 Å². The molecule has 212 valence electrons. The number of rotatable bonds is 11. The quantitative estimate of drug-likeness (QED) is 0.192. The Labute approximate surface area is 243 Å². The lowest BCUT2D eigenvalue weighted by Crippen LogP contribution is -2.19. The van der Waals surface area contributed by atoms with Gasteiger partial charge in [-0.25, -0.2) is 14.4 Å². The van der Waals surface area contributed by atoms with Crippen molar-refractivity contribution in [1.82, 2.24) is 14.9 Å². The van der Waals surface area contributed by atoms with Crippen molar-refractivity contribution in [2.24, 2.45) is 0 Å². The van der Waals surface area contributed by atoms with Crippen LogP contribution in [0.15, 0.2) is 73.1 Å². The van der Waals surface area contributed by atoms with Crippen LogP contribution in [0.25, 0.3) is 10.9 Å². The smallest absolute Gasteiger partial charge is 0.248 e. The summed E-state index contributed by atoms with van der Waals surface area (Å²) in [4.78, 5) is 23.9. The van der Waals surface area contributed by atoms with Crippen molar-refractivity contribution >= 4 is 45.6 Å². The SMILES string of the molecule is CCOc1cc2ncnc(Nc3ccc(OCc4cccc(F)c4)c(Cl)c3)c2cc1NC(=O)C=CCN1CCCC1. The summed E-state index contributed by atoms with van der Waals surface area (Å²) in [5.41, 5.74) is 2.55. The average molecular weight is 576 g/mol. The maximum Gasteiger partial charge on any atom is 0.248 e. The molecule has 5 rings (SSSR count). The van der Waals surface area contributed by atoms with E-state index in [0.29, 0.717) is 56.8 Å². The molecule has 41 heavy (non-hydrogen) atoms. The molecule has 2 heterocycles. The van der Waals surface area contributed by atoms with Gasteiger partial charge >= 0.3 is 0 Å². The number of benzene rings is 3. The third-order valence-electron chi connectivity index (χ3n) is 6.60. The molecule has 1 aromatic heterocycles. The van der Waals surface area contributed by atoms with Crippen LogP contribution in [-0.2, 0) is 11.4 Å². The molecule has 1 aliphatic rings. The van der Waals surface area contributed by atoms with Gasteiger partial charge in [0.2, 0.25) is 5.91 Å². The van der Waals surface area contributed by atoms with E-state index >= 15 is 0 Å². The highest BCUT2D eigenvalue weighted by Crippen LogP contribution is 2.35. The topological polar surface area (TPSA) is 88.6 Å². The van der Waals surface area contributed by atoms with E-state index in [2.05, 4.69) is 25.5 Å². The van der Waals surface area contributed by atoms with Gasteiger partial charge in [-0.2, -0.15) is 0 Å². The summed E-state index contributed by atoms with van der Waals surface area (Å²) in [5.74, 6) is 0.963. The zero-order valence-electron chi connectivity index (χ0n) is 22.7. The van der Waals surface area contributed by atoms with Crippen LogP contribution in [0.3, 0.4) is 0 Å². The Balaban J connectivity index is 1.32. The number of nitrogens with one attached hydrogen (secondary N) is 2. The molecule has 1 saturated heterocycles. The molecule has 4 aromatic rings. The molecule has 0 atom stereocenters. The number of halogens is 2. The van der Waals surface area contributed by atoms with Gasteiger partial charge in [0.1, 0.15) is 36.1 Å². The number of anilines is 3. The number of fused-ring (bicyclic) bond motifs is 1. The predicted molar refractivity (Wildman–Crippen MR) is 160 cm³/mol. The first-order valence-electron chi connectivity index (χ1n) is 13.5. The zero-order chi connectivity index (χ0) is 28.6. The zero-order valence-corrected chi connectivity index (χ0v) is 23.5. The molecule has 10 heteroatoms. The summed E-state index contributed by atoms with van der Waals surface area (Å²) in [7, 11) is 0. The van der Waals surface area contributed by atoms with Crippen molar-refractivity contribution in [1.29, 1.82) is 0 Å². The van der Waals surface area contributed by atoms with E-state index in [1.807, 2.05) is 19.1 Å². The normalized spacial score (nSPS) is 13.5. The Morgan fingerprint density at radius 1 is 1.07 bits per heavy atom. The summed E-state index contributed by atoms with van der Waals surface area (Å²) >= 11 is 6.49. The second-order valence-corrected chi connectivity index (χ2v) is 10.0.